The van der Waals surface area contributed by atoms with Gasteiger partial charge in [-0.2, -0.15) is 0 Å². The van der Waals surface area contributed by atoms with Crippen LogP contribution in [0.4, 0.5) is 0 Å². The van der Waals surface area contributed by atoms with Crippen LogP contribution in [0.3, 0.4) is 0 Å². The molecule has 0 fully saturated rings. The highest BCUT2D eigenvalue weighted by Gasteiger charge is 2.18. The van der Waals surface area contributed by atoms with Crippen molar-refractivity contribution in [1.82, 2.24) is 10.6 Å². The van der Waals surface area contributed by atoms with E-state index in [-0.39, 0.29) is 24.0 Å². The summed E-state index contributed by atoms with van der Waals surface area (Å²) in [5, 5.41) is 6.22. The Morgan fingerprint density at radius 1 is 1.39 bits per heavy atom. The molecule has 1 aromatic rings. The third-order valence-electron chi connectivity index (χ3n) is 2.97. The van der Waals surface area contributed by atoms with E-state index in [4.69, 9.17) is 4.42 Å². The van der Waals surface area contributed by atoms with E-state index in [1.54, 1.807) is 6.26 Å². The van der Waals surface area contributed by atoms with E-state index in [0.717, 1.165) is 18.6 Å². The molecule has 0 aliphatic rings. The molecule has 0 saturated carbocycles. The second-order valence-corrected chi connectivity index (χ2v) is 4.82. The lowest BCUT2D eigenvalue weighted by Gasteiger charge is -2.20. The van der Waals surface area contributed by atoms with E-state index in [1.807, 2.05) is 32.9 Å². The number of nitrogens with one attached hydrogen (secondary N) is 2. The third kappa shape index (κ3) is 4.53. The van der Waals surface area contributed by atoms with E-state index in [0.29, 0.717) is 0 Å². The first-order valence-electron chi connectivity index (χ1n) is 6.64. The van der Waals surface area contributed by atoms with Gasteiger partial charge in [0.1, 0.15) is 5.76 Å². The maximum atomic E-state index is 11.9. The van der Waals surface area contributed by atoms with Crippen molar-refractivity contribution in [3.63, 3.8) is 0 Å². The normalized spacial score (nSPS) is 16.0. The highest BCUT2D eigenvalue weighted by atomic mass is 16.3. The van der Waals surface area contributed by atoms with Crippen LogP contribution in [-0.4, -0.2) is 18.0 Å². The minimum atomic E-state index is -0.232. The summed E-state index contributed by atoms with van der Waals surface area (Å²) >= 11 is 0. The zero-order valence-electron chi connectivity index (χ0n) is 11.7. The molecule has 0 aromatic carbocycles. The first-order valence-corrected chi connectivity index (χ1v) is 6.64. The van der Waals surface area contributed by atoms with Gasteiger partial charge in [0.25, 0.3) is 0 Å². The van der Waals surface area contributed by atoms with Crippen LogP contribution < -0.4 is 10.6 Å². The Hall–Kier alpha value is -1.29. The highest BCUT2D eigenvalue weighted by molar-refractivity contribution is 5.81. The molecular formula is C14H24N2O2. The number of hydrogen-bond donors (Lipinski definition) is 2. The molecule has 2 unspecified atom stereocenters. The lowest BCUT2D eigenvalue weighted by molar-refractivity contribution is -0.123. The fraction of sp³-hybridized carbons (Fsp3) is 0.643. The number of furan rings is 1. The van der Waals surface area contributed by atoms with E-state index in [1.165, 1.54) is 0 Å². The summed E-state index contributed by atoms with van der Waals surface area (Å²) in [4.78, 5) is 11.9. The maximum Gasteiger partial charge on any atom is 0.237 e. The molecule has 0 aliphatic carbocycles. The molecular weight excluding hydrogens is 228 g/mol. The molecule has 1 aromatic heterocycles. The summed E-state index contributed by atoms with van der Waals surface area (Å²) in [5.41, 5.74) is 0. The lowest BCUT2D eigenvalue weighted by atomic mass is 10.1. The van der Waals surface area contributed by atoms with Crippen LogP contribution in [0, 0.1) is 0 Å². The first-order chi connectivity index (χ1) is 8.54. The highest BCUT2D eigenvalue weighted by Crippen LogP contribution is 2.12. The lowest BCUT2D eigenvalue weighted by Crippen LogP contribution is -2.46. The van der Waals surface area contributed by atoms with E-state index < -0.39 is 0 Å². The SMILES string of the molecule is CCCC(C)NC(=O)C(C)N[C@H](C)c1ccco1. The summed E-state index contributed by atoms with van der Waals surface area (Å²) in [5.74, 6) is 0.880. The molecule has 1 rings (SSSR count). The Morgan fingerprint density at radius 2 is 2.11 bits per heavy atom. The summed E-state index contributed by atoms with van der Waals surface area (Å²) in [6.07, 6.45) is 3.72. The standard InChI is InChI=1S/C14H24N2O2/c1-5-7-10(2)15-14(17)12(4)16-11(3)13-8-6-9-18-13/h6,8-12,16H,5,7H2,1-4H3,(H,15,17)/t10?,11-,12?/m1/s1. The van der Waals surface area contributed by atoms with Crippen molar-refractivity contribution in [2.75, 3.05) is 0 Å². The van der Waals surface area contributed by atoms with Crippen molar-refractivity contribution in [2.45, 2.75) is 58.7 Å². The van der Waals surface area contributed by atoms with Gasteiger partial charge in [-0.1, -0.05) is 13.3 Å². The Kier molecular flexibility index (Phi) is 5.92. The molecule has 0 radical (unpaired) electrons. The molecule has 0 spiro atoms. The van der Waals surface area contributed by atoms with E-state index >= 15 is 0 Å². The minimum absolute atomic E-state index is 0.0298. The van der Waals surface area contributed by atoms with Gasteiger partial charge in [0.05, 0.1) is 18.3 Å². The molecule has 0 aliphatic heterocycles. The molecule has 0 saturated heterocycles. The van der Waals surface area contributed by atoms with Crippen molar-refractivity contribution in [3.8, 4) is 0 Å². The van der Waals surface area contributed by atoms with Crippen LogP contribution in [0.15, 0.2) is 22.8 Å². The van der Waals surface area contributed by atoms with Crippen molar-refractivity contribution in [2.24, 2.45) is 0 Å². The average molecular weight is 252 g/mol. The van der Waals surface area contributed by atoms with E-state index in [2.05, 4.69) is 17.6 Å². The zero-order valence-corrected chi connectivity index (χ0v) is 11.7. The monoisotopic (exact) mass is 252 g/mol. The average Bonchev–Trinajstić information content (AvgIpc) is 2.82. The molecule has 1 amide bonds. The van der Waals surface area contributed by atoms with Crippen LogP contribution in [0.5, 0.6) is 0 Å². The van der Waals surface area contributed by atoms with Gasteiger partial charge in [0.2, 0.25) is 5.91 Å². The molecule has 102 valence electrons. The van der Waals surface area contributed by atoms with Crippen LogP contribution in [0.2, 0.25) is 0 Å². The number of carbonyl (C=O) groups excluding carboxylic acids is 1. The molecule has 3 atom stereocenters. The van der Waals surface area contributed by atoms with Crippen molar-refractivity contribution < 1.29 is 9.21 Å². The van der Waals surface area contributed by atoms with Crippen molar-refractivity contribution in [3.05, 3.63) is 24.2 Å². The predicted molar refractivity (Wildman–Crippen MR) is 72.2 cm³/mol. The maximum absolute atomic E-state index is 11.9. The summed E-state index contributed by atoms with van der Waals surface area (Å²) in [6, 6.07) is 3.78. The summed E-state index contributed by atoms with van der Waals surface area (Å²) in [7, 11) is 0. The summed E-state index contributed by atoms with van der Waals surface area (Å²) in [6.45, 7) is 8.00. The Balaban J connectivity index is 2.40. The smallest absolute Gasteiger partial charge is 0.237 e. The number of carbonyl (C=O) groups is 1. The molecule has 18 heavy (non-hydrogen) atoms. The number of hydrogen-bond acceptors (Lipinski definition) is 3. The van der Waals surface area contributed by atoms with Gasteiger partial charge in [0.15, 0.2) is 0 Å². The molecule has 1 heterocycles. The number of amides is 1. The van der Waals surface area contributed by atoms with E-state index in [9.17, 15) is 4.79 Å². The van der Waals surface area contributed by atoms with Gasteiger partial charge in [-0.3, -0.25) is 10.1 Å². The topological polar surface area (TPSA) is 54.3 Å². The van der Waals surface area contributed by atoms with Gasteiger partial charge in [-0.25, -0.2) is 0 Å². The molecule has 4 heteroatoms. The van der Waals surface area contributed by atoms with Crippen LogP contribution >= 0.6 is 0 Å². The second kappa shape index (κ2) is 7.21. The first kappa shape index (κ1) is 14.8. The second-order valence-electron chi connectivity index (χ2n) is 4.82. The Bertz CT molecular complexity index is 349. The van der Waals surface area contributed by atoms with Gasteiger partial charge >= 0.3 is 0 Å². The third-order valence-corrected chi connectivity index (χ3v) is 2.97. The van der Waals surface area contributed by atoms with Crippen LogP contribution in [-0.2, 0) is 4.79 Å². The fourth-order valence-electron chi connectivity index (χ4n) is 1.94. The Morgan fingerprint density at radius 3 is 2.67 bits per heavy atom. The van der Waals surface area contributed by atoms with Crippen molar-refractivity contribution in [1.29, 1.82) is 0 Å². The quantitative estimate of drug-likeness (QED) is 0.784. The summed E-state index contributed by atoms with van der Waals surface area (Å²) < 4.78 is 5.30. The van der Waals surface area contributed by atoms with Crippen LogP contribution in [0.1, 0.15) is 52.3 Å². The van der Waals surface area contributed by atoms with Gasteiger partial charge in [-0.05, 0) is 39.3 Å². The van der Waals surface area contributed by atoms with Crippen molar-refractivity contribution >= 4 is 5.91 Å². The minimum Gasteiger partial charge on any atom is -0.468 e. The van der Waals surface area contributed by atoms with Gasteiger partial charge in [0, 0.05) is 6.04 Å². The molecule has 4 nitrogen and oxygen atoms in total. The van der Waals surface area contributed by atoms with Crippen LogP contribution in [0.25, 0.3) is 0 Å². The molecule has 2 N–H and O–H groups in total. The Labute approximate surface area is 109 Å². The fourth-order valence-corrected chi connectivity index (χ4v) is 1.94. The van der Waals surface area contributed by atoms with Gasteiger partial charge in [-0.15, -0.1) is 0 Å². The predicted octanol–water partition coefficient (Wildman–Crippen LogP) is 2.62. The van der Waals surface area contributed by atoms with Gasteiger partial charge < -0.3 is 9.73 Å². The largest absolute Gasteiger partial charge is 0.468 e. The molecule has 0 bridgehead atoms. The number of rotatable bonds is 7. The zero-order chi connectivity index (χ0) is 13.5.